The number of ether oxygens (including phenoxy) is 5. The first kappa shape index (κ1) is 29.2. The number of hydrogen-bond donors (Lipinski definition) is 1. The van der Waals surface area contributed by atoms with Crippen molar-refractivity contribution in [1.82, 2.24) is 4.98 Å². The first-order valence-corrected chi connectivity index (χ1v) is 13.3. The molecular weight excluding hydrogens is 494 g/mol. The smallest absolute Gasteiger partial charge is 0.308 e. The minimum absolute atomic E-state index is 0.0482. The topological polar surface area (TPSA) is 130 Å². The van der Waals surface area contributed by atoms with Crippen LogP contribution in [-0.4, -0.2) is 60.1 Å². The molecule has 38 heavy (non-hydrogen) atoms. The highest BCUT2D eigenvalue weighted by Crippen LogP contribution is 2.27. The Morgan fingerprint density at radius 1 is 0.789 bits per heavy atom. The van der Waals surface area contributed by atoms with Crippen molar-refractivity contribution in [2.45, 2.75) is 96.7 Å². The second-order valence-electron chi connectivity index (χ2n) is 9.24. The Balaban J connectivity index is 1.75. The molecule has 0 spiro atoms. The molecule has 1 aromatic carbocycles. The van der Waals surface area contributed by atoms with Crippen LogP contribution in [0.2, 0.25) is 0 Å². The molecule has 0 bridgehead atoms. The molecule has 0 amide bonds. The third-order valence-electron chi connectivity index (χ3n) is 6.08. The summed E-state index contributed by atoms with van der Waals surface area (Å²) in [6.07, 6.45) is -0.483. The molecule has 1 fully saturated rings. The summed E-state index contributed by atoms with van der Waals surface area (Å²) in [5, 5.41) is 1.01. The number of rotatable bonds is 13. The maximum Gasteiger partial charge on any atom is 0.308 e. The van der Waals surface area contributed by atoms with Crippen molar-refractivity contribution < 1.29 is 42.9 Å². The summed E-state index contributed by atoms with van der Waals surface area (Å²) in [4.78, 5) is 53.1. The first-order valence-electron chi connectivity index (χ1n) is 13.3. The second kappa shape index (κ2) is 14.5. The molecule has 1 saturated heterocycles. The Kier molecular flexibility index (Phi) is 11.1. The molecule has 4 atom stereocenters. The summed E-state index contributed by atoms with van der Waals surface area (Å²) >= 11 is 0. The number of nitrogens with one attached hydrogen (secondary N) is 1. The molecule has 208 valence electrons. The van der Waals surface area contributed by atoms with Crippen LogP contribution in [0.25, 0.3) is 10.9 Å². The number of carbonyl (C=O) groups excluding carboxylic acids is 4. The molecule has 1 N–H and O–H groups in total. The van der Waals surface area contributed by atoms with E-state index in [-0.39, 0.29) is 32.3 Å². The molecule has 10 nitrogen and oxygen atoms in total. The summed E-state index contributed by atoms with van der Waals surface area (Å²) in [7, 11) is 0. The summed E-state index contributed by atoms with van der Waals surface area (Å²) in [6.45, 7) is 5.27. The molecule has 0 radical (unpaired) electrons. The third-order valence-corrected chi connectivity index (χ3v) is 6.08. The van der Waals surface area contributed by atoms with Crippen molar-refractivity contribution in [1.29, 1.82) is 0 Å². The van der Waals surface area contributed by atoms with Crippen LogP contribution in [0.3, 0.4) is 0 Å². The lowest BCUT2D eigenvalue weighted by Crippen LogP contribution is -2.58. The van der Waals surface area contributed by atoms with Gasteiger partial charge in [-0.1, -0.05) is 39.0 Å². The maximum absolute atomic E-state index is 12.8. The van der Waals surface area contributed by atoms with Gasteiger partial charge in [0.25, 0.3) is 0 Å². The predicted molar refractivity (Wildman–Crippen MR) is 137 cm³/mol. The van der Waals surface area contributed by atoms with Gasteiger partial charge in [-0.3, -0.25) is 19.2 Å². The lowest BCUT2D eigenvalue weighted by atomic mass is 10.0. The van der Waals surface area contributed by atoms with E-state index in [0.29, 0.717) is 25.7 Å². The number of esters is 4. The van der Waals surface area contributed by atoms with E-state index in [0.717, 1.165) is 16.5 Å². The summed E-state index contributed by atoms with van der Waals surface area (Å²) in [5.41, 5.74) is 1.93. The standard InChI is InChI=1S/C28H37NO9/c1-4-9-22(30)35-21-17-34-28(27(37-24(32)11-6-3)26(21)36-23(31)10-5-2)38-25(33)15-14-18-16-29-20-13-8-7-12-19(18)20/h7-8,12-13,16,21,26-29H,4-6,9-11,14-15,17H2,1-3H3/t21-,26-,27+,28-/m0/s1. The van der Waals surface area contributed by atoms with E-state index in [9.17, 15) is 19.2 Å². The normalized spacial score (nSPS) is 21.0. The van der Waals surface area contributed by atoms with Crippen molar-refractivity contribution >= 4 is 34.8 Å². The van der Waals surface area contributed by atoms with E-state index in [2.05, 4.69) is 4.98 Å². The Morgan fingerprint density at radius 3 is 2.03 bits per heavy atom. The SMILES string of the molecule is CCCC(=O)O[C@@H]1[C@@H](OC(=O)CCC)[C@H](OC(=O)CCc2c[nH]c3ccccc23)OC[C@@H]1OC(=O)CCC. The molecule has 2 aromatic rings. The van der Waals surface area contributed by atoms with Crippen LogP contribution in [0, 0.1) is 0 Å². The van der Waals surface area contributed by atoms with E-state index in [1.54, 1.807) is 0 Å². The Hall–Kier alpha value is -3.40. The van der Waals surface area contributed by atoms with E-state index < -0.39 is 48.5 Å². The van der Waals surface area contributed by atoms with Gasteiger partial charge in [-0.05, 0) is 37.3 Å². The van der Waals surface area contributed by atoms with Gasteiger partial charge in [-0.15, -0.1) is 0 Å². The largest absolute Gasteiger partial charge is 0.456 e. The van der Waals surface area contributed by atoms with E-state index >= 15 is 0 Å². The highest BCUT2D eigenvalue weighted by atomic mass is 16.7. The fraction of sp³-hybridized carbons (Fsp3) is 0.571. The number of para-hydroxylation sites is 1. The molecule has 1 aliphatic rings. The number of fused-ring (bicyclic) bond motifs is 1. The van der Waals surface area contributed by atoms with Crippen molar-refractivity contribution in [3.8, 4) is 0 Å². The minimum atomic E-state index is -1.33. The Bertz CT molecular complexity index is 1090. The van der Waals surface area contributed by atoms with Crippen LogP contribution in [-0.2, 0) is 49.3 Å². The fourth-order valence-corrected chi connectivity index (χ4v) is 4.24. The van der Waals surface area contributed by atoms with Crippen LogP contribution in [0.4, 0.5) is 0 Å². The molecule has 0 saturated carbocycles. The zero-order valence-electron chi connectivity index (χ0n) is 22.2. The lowest BCUT2D eigenvalue weighted by molar-refractivity contribution is -0.275. The van der Waals surface area contributed by atoms with E-state index in [1.165, 1.54) is 0 Å². The highest BCUT2D eigenvalue weighted by molar-refractivity contribution is 5.83. The average molecular weight is 532 g/mol. The molecule has 0 unspecified atom stereocenters. The summed E-state index contributed by atoms with van der Waals surface area (Å²) < 4.78 is 28.0. The van der Waals surface area contributed by atoms with Gasteiger partial charge in [-0.25, -0.2) is 0 Å². The van der Waals surface area contributed by atoms with E-state index in [1.807, 2.05) is 51.2 Å². The number of aromatic nitrogens is 1. The monoisotopic (exact) mass is 531 g/mol. The van der Waals surface area contributed by atoms with Crippen molar-refractivity contribution in [2.75, 3.05) is 6.61 Å². The lowest BCUT2D eigenvalue weighted by Gasteiger charge is -2.40. The first-order chi connectivity index (χ1) is 18.4. The Morgan fingerprint density at radius 2 is 1.37 bits per heavy atom. The number of aryl methyl sites for hydroxylation is 1. The van der Waals surface area contributed by atoms with Crippen LogP contribution in [0.15, 0.2) is 30.5 Å². The van der Waals surface area contributed by atoms with Crippen LogP contribution < -0.4 is 0 Å². The third kappa shape index (κ3) is 8.05. The van der Waals surface area contributed by atoms with Crippen LogP contribution >= 0.6 is 0 Å². The molecule has 1 aromatic heterocycles. The molecule has 10 heteroatoms. The van der Waals surface area contributed by atoms with Crippen molar-refractivity contribution in [3.05, 3.63) is 36.0 Å². The van der Waals surface area contributed by atoms with Gasteiger partial charge in [0.15, 0.2) is 12.2 Å². The number of H-pyrrole nitrogens is 1. The number of aromatic amines is 1. The molecule has 0 aliphatic carbocycles. The number of hydrogen-bond acceptors (Lipinski definition) is 9. The molecule has 1 aliphatic heterocycles. The minimum Gasteiger partial charge on any atom is -0.456 e. The zero-order chi connectivity index (χ0) is 27.5. The van der Waals surface area contributed by atoms with Crippen LogP contribution in [0.5, 0.6) is 0 Å². The predicted octanol–water partition coefficient (Wildman–Crippen LogP) is 4.14. The van der Waals surface area contributed by atoms with Gasteiger partial charge in [0, 0.05) is 42.8 Å². The molecule has 2 heterocycles. The van der Waals surface area contributed by atoms with Gasteiger partial charge < -0.3 is 28.7 Å². The number of benzene rings is 1. The highest BCUT2D eigenvalue weighted by Gasteiger charge is 2.49. The maximum atomic E-state index is 12.8. The zero-order valence-corrected chi connectivity index (χ0v) is 22.2. The van der Waals surface area contributed by atoms with Gasteiger partial charge in [0.2, 0.25) is 12.4 Å². The Labute approximate surface area is 222 Å². The van der Waals surface area contributed by atoms with Gasteiger partial charge in [-0.2, -0.15) is 0 Å². The second-order valence-corrected chi connectivity index (χ2v) is 9.24. The van der Waals surface area contributed by atoms with Crippen LogP contribution in [0.1, 0.15) is 71.3 Å². The average Bonchev–Trinajstić information content (AvgIpc) is 3.29. The van der Waals surface area contributed by atoms with Gasteiger partial charge in [0.05, 0.1) is 6.61 Å². The fourth-order valence-electron chi connectivity index (χ4n) is 4.24. The summed E-state index contributed by atoms with van der Waals surface area (Å²) in [5.74, 6) is -2.18. The van der Waals surface area contributed by atoms with Gasteiger partial charge >= 0.3 is 23.9 Å². The quantitative estimate of drug-likeness (QED) is 0.299. The van der Waals surface area contributed by atoms with E-state index in [4.69, 9.17) is 23.7 Å². The van der Waals surface area contributed by atoms with Gasteiger partial charge in [0.1, 0.15) is 0 Å². The van der Waals surface area contributed by atoms with Crippen molar-refractivity contribution in [2.24, 2.45) is 0 Å². The summed E-state index contributed by atoms with van der Waals surface area (Å²) in [6, 6.07) is 7.77. The van der Waals surface area contributed by atoms with Crippen molar-refractivity contribution in [3.63, 3.8) is 0 Å². The number of carbonyl (C=O) groups is 4. The molecule has 3 rings (SSSR count). The molecular formula is C28H37NO9.